The largest absolute Gasteiger partial charge is 0.497 e. The summed E-state index contributed by atoms with van der Waals surface area (Å²) in [4.78, 5) is 15.6. The summed E-state index contributed by atoms with van der Waals surface area (Å²) in [6, 6.07) is 10.2. The first-order chi connectivity index (χ1) is 16.0. The summed E-state index contributed by atoms with van der Waals surface area (Å²) in [7, 11) is -2.12. The number of likely N-dealkylation sites (tertiary alicyclic amines) is 1. The maximum Gasteiger partial charge on any atom is 0.243 e. The molecule has 2 aliphatic heterocycles. The SMILES string of the molecule is COc1ccc(S(=O)(=O)N2CCC[C@H](C(=O)NC[C@@H](c3ccco3)N3CCCCC3)C2)cc1. The Labute approximate surface area is 195 Å². The number of furan rings is 1. The van der Waals surface area contributed by atoms with Crippen LogP contribution in [0.5, 0.6) is 5.75 Å². The van der Waals surface area contributed by atoms with Crippen LogP contribution in [0.25, 0.3) is 0 Å². The van der Waals surface area contributed by atoms with Crippen molar-refractivity contribution in [3.05, 3.63) is 48.4 Å². The molecule has 33 heavy (non-hydrogen) atoms. The fourth-order valence-electron chi connectivity index (χ4n) is 4.73. The fourth-order valence-corrected chi connectivity index (χ4v) is 6.26. The van der Waals surface area contributed by atoms with Gasteiger partial charge in [0.25, 0.3) is 0 Å². The molecular formula is C24H33N3O5S. The van der Waals surface area contributed by atoms with E-state index in [1.807, 2.05) is 12.1 Å². The zero-order chi connectivity index (χ0) is 23.3. The molecule has 180 valence electrons. The third-order valence-electron chi connectivity index (χ3n) is 6.62. The lowest BCUT2D eigenvalue weighted by atomic mass is 9.98. The van der Waals surface area contributed by atoms with E-state index < -0.39 is 10.0 Å². The van der Waals surface area contributed by atoms with Crippen LogP contribution in [0, 0.1) is 5.92 Å². The van der Waals surface area contributed by atoms with Crippen LogP contribution >= 0.6 is 0 Å². The minimum atomic E-state index is -3.66. The maximum absolute atomic E-state index is 13.1. The molecule has 2 fully saturated rings. The van der Waals surface area contributed by atoms with Crippen LogP contribution in [0.4, 0.5) is 0 Å². The van der Waals surface area contributed by atoms with E-state index in [1.54, 1.807) is 37.6 Å². The van der Waals surface area contributed by atoms with Crippen LogP contribution in [-0.2, 0) is 14.8 Å². The average Bonchev–Trinajstić information content (AvgIpc) is 3.39. The monoisotopic (exact) mass is 475 g/mol. The number of rotatable bonds is 8. The highest BCUT2D eigenvalue weighted by Crippen LogP contribution is 2.27. The Bertz CT molecular complexity index is 1000. The topological polar surface area (TPSA) is 92.1 Å². The van der Waals surface area contributed by atoms with Crippen molar-refractivity contribution >= 4 is 15.9 Å². The van der Waals surface area contributed by atoms with Gasteiger partial charge in [-0.1, -0.05) is 6.42 Å². The van der Waals surface area contributed by atoms with Gasteiger partial charge in [0.1, 0.15) is 11.5 Å². The zero-order valence-electron chi connectivity index (χ0n) is 19.1. The van der Waals surface area contributed by atoms with Crippen LogP contribution in [0.1, 0.15) is 43.9 Å². The average molecular weight is 476 g/mol. The number of benzene rings is 1. The molecule has 1 aromatic carbocycles. The Morgan fingerprint density at radius 3 is 2.55 bits per heavy atom. The van der Waals surface area contributed by atoms with Gasteiger partial charge in [-0.05, 0) is 75.2 Å². The van der Waals surface area contributed by atoms with Gasteiger partial charge in [0, 0.05) is 19.6 Å². The molecule has 0 saturated carbocycles. The van der Waals surface area contributed by atoms with Crippen molar-refractivity contribution in [3.8, 4) is 5.75 Å². The number of amides is 1. The molecule has 0 unspecified atom stereocenters. The Morgan fingerprint density at radius 2 is 1.88 bits per heavy atom. The van der Waals surface area contributed by atoms with E-state index in [4.69, 9.17) is 9.15 Å². The molecule has 1 N–H and O–H groups in total. The van der Waals surface area contributed by atoms with Gasteiger partial charge in [-0.15, -0.1) is 0 Å². The summed E-state index contributed by atoms with van der Waals surface area (Å²) in [5.41, 5.74) is 0. The first kappa shape index (κ1) is 23.8. The van der Waals surface area contributed by atoms with Crippen molar-refractivity contribution in [3.63, 3.8) is 0 Å². The highest BCUT2D eigenvalue weighted by atomic mass is 32.2. The van der Waals surface area contributed by atoms with E-state index in [0.29, 0.717) is 31.7 Å². The van der Waals surface area contributed by atoms with E-state index in [0.717, 1.165) is 31.7 Å². The zero-order valence-corrected chi connectivity index (χ0v) is 19.9. The van der Waals surface area contributed by atoms with Crippen LogP contribution in [0.2, 0.25) is 0 Å². The lowest BCUT2D eigenvalue weighted by Crippen LogP contribution is -2.47. The number of ether oxygens (including phenoxy) is 1. The maximum atomic E-state index is 13.1. The summed E-state index contributed by atoms with van der Waals surface area (Å²) in [5, 5.41) is 3.09. The number of piperidine rings is 2. The number of sulfonamides is 1. The molecule has 4 rings (SSSR count). The molecule has 2 aromatic rings. The van der Waals surface area contributed by atoms with E-state index in [-0.39, 0.29) is 29.3 Å². The molecule has 2 atom stereocenters. The van der Waals surface area contributed by atoms with E-state index in [9.17, 15) is 13.2 Å². The smallest absolute Gasteiger partial charge is 0.243 e. The van der Waals surface area contributed by atoms with Gasteiger partial charge in [-0.2, -0.15) is 4.31 Å². The Morgan fingerprint density at radius 1 is 1.12 bits per heavy atom. The summed E-state index contributed by atoms with van der Waals surface area (Å²) >= 11 is 0. The Kier molecular flexibility index (Phi) is 7.72. The van der Waals surface area contributed by atoms with Gasteiger partial charge < -0.3 is 14.5 Å². The van der Waals surface area contributed by atoms with Crippen LogP contribution in [0.3, 0.4) is 0 Å². The first-order valence-electron chi connectivity index (χ1n) is 11.7. The predicted molar refractivity (Wildman–Crippen MR) is 124 cm³/mol. The number of carbonyl (C=O) groups is 1. The number of nitrogens with zero attached hydrogens (tertiary/aromatic N) is 2. The van der Waals surface area contributed by atoms with Gasteiger partial charge >= 0.3 is 0 Å². The van der Waals surface area contributed by atoms with E-state index in [2.05, 4.69) is 10.2 Å². The number of hydrogen-bond donors (Lipinski definition) is 1. The molecule has 0 radical (unpaired) electrons. The molecule has 2 aliphatic rings. The summed E-state index contributed by atoms with van der Waals surface area (Å²) in [5.74, 6) is 0.984. The van der Waals surface area contributed by atoms with Gasteiger partial charge in [-0.25, -0.2) is 8.42 Å². The fraction of sp³-hybridized carbons (Fsp3) is 0.542. The molecule has 2 saturated heterocycles. The summed E-state index contributed by atoms with van der Waals surface area (Å²) < 4.78 is 38.4. The summed E-state index contributed by atoms with van der Waals surface area (Å²) in [6.07, 6.45) is 6.51. The van der Waals surface area contributed by atoms with Gasteiger partial charge in [0.15, 0.2) is 0 Å². The van der Waals surface area contributed by atoms with Crippen LogP contribution in [-0.4, -0.2) is 63.4 Å². The normalized spacial score (nSPS) is 21.4. The molecule has 0 spiro atoms. The standard InChI is InChI=1S/C24H33N3O5S/c1-31-20-9-11-21(12-10-20)33(29,30)27-15-5-7-19(18-27)24(28)25-17-22(23-8-6-16-32-23)26-13-3-2-4-14-26/h6,8-12,16,19,22H,2-5,7,13-15,17-18H2,1H3,(H,25,28)/t19-,22-/m0/s1. The van der Waals surface area contributed by atoms with Gasteiger partial charge in [0.05, 0.1) is 30.2 Å². The molecule has 1 amide bonds. The number of methoxy groups -OCH3 is 1. The lowest BCUT2D eigenvalue weighted by molar-refractivity contribution is -0.126. The second kappa shape index (κ2) is 10.7. The highest BCUT2D eigenvalue weighted by Gasteiger charge is 2.34. The minimum Gasteiger partial charge on any atom is -0.497 e. The van der Waals surface area contributed by atoms with Crippen molar-refractivity contribution in [1.82, 2.24) is 14.5 Å². The number of nitrogens with one attached hydrogen (secondary N) is 1. The lowest BCUT2D eigenvalue weighted by Gasteiger charge is -2.34. The van der Waals surface area contributed by atoms with Crippen LogP contribution in [0.15, 0.2) is 52.0 Å². The van der Waals surface area contributed by atoms with Crippen molar-refractivity contribution in [2.75, 3.05) is 39.8 Å². The Balaban J connectivity index is 1.39. The minimum absolute atomic E-state index is 0.00743. The third-order valence-corrected chi connectivity index (χ3v) is 8.50. The third kappa shape index (κ3) is 5.59. The molecule has 8 nitrogen and oxygen atoms in total. The summed E-state index contributed by atoms with van der Waals surface area (Å²) in [6.45, 7) is 3.03. The van der Waals surface area contributed by atoms with Gasteiger partial charge in [-0.3, -0.25) is 9.69 Å². The molecular weight excluding hydrogens is 442 g/mol. The van der Waals surface area contributed by atoms with Crippen LogP contribution < -0.4 is 10.1 Å². The second-order valence-electron chi connectivity index (χ2n) is 8.75. The van der Waals surface area contributed by atoms with Crippen molar-refractivity contribution in [2.24, 2.45) is 5.92 Å². The number of hydrogen-bond acceptors (Lipinski definition) is 6. The van der Waals surface area contributed by atoms with Crippen molar-refractivity contribution in [2.45, 2.75) is 43.0 Å². The van der Waals surface area contributed by atoms with Crippen molar-refractivity contribution in [1.29, 1.82) is 0 Å². The molecule has 0 aliphatic carbocycles. The quantitative estimate of drug-likeness (QED) is 0.631. The highest BCUT2D eigenvalue weighted by molar-refractivity contribution is 7.89. The number of carbonyl (C=O) groups excluding carboxylic acids is 1. The molecule has 0 bridgehead atoms. The first-order valence-corrected chi connectivity index (χ1v) is 13.1. The molecule has 3 heterocycles. The Hall–Kier alpha value is -2.36. The molecule has 9 heteroatoms. The van der Waals surface area contributed by atoms with Crippen molar-refractivity contribution < 1.29 is 22.4 Å². The predicted octanol–water partition coefficient (Wildman–Crippen LogP) is 3.03. The molecule has 1 aromatic heterocycles. The van der Waals surface area contributed by atoms with Gasteiger partial charge in [0.2, 0.25) is 15.9 Å². The van der Waals surface area contributed by atoms with E-state index in [1.165, 1.54) is 10.7 Å². The second-order valence-corrected chi connectivity index (χ2v) is 10.7. The van der Waals surface area contributed by atoms with E-state index >= 15 is 0 Å².